The zero-order chi connectivity index (χ0) is 20.2. The fourth-order valence-corrected chi connectivity index (χ4v) is 3.51. The summed E-state index contributed by atoms with van der Waals surface area (Å²) in [7, 11) is 0. The average molecular weight is 391 g/mol. The molecule has 1 saturated heterocycles. The van der Waals surface area contributed by atoms with Crippen molar-refractivity contribution < 1.29 is 14.3 Å². The molecule has 1 aliphatic heterocycles. The lowest BCUT2D eigenvalue weighted by Crippen LogP contribution is -2.38. The largest absolute Gasteiger partial charge is 0.451 e. The van der Waals surface area contributed by atoms with Gasteiger partial charge in [0.05, 0.1) is 11.1 Å². The zero-order valence-corrected chi connectivity index (χ0v) is 15.9. The van der Waals surface area contributed by atoms with E-state index < -0.39 is 5.97 Å². The summed E-state index contributed by atoms with van der Waals surface area (Å²) in [6.07, 6.45) is 3.04. The molecule has 2 aromatic carbocycles. The van der Waals surface area contributed by atoms with Gasteiger partial charge in [-0.15, -0.1) is 0 Å². The van der Waals surface area contributed by atoms with Gasteiger partial charge in [-0.3, -0.25) is 9.59 Å². The van der Waals surface area contributed by atoms with Crippen molar-refractivity contribution in [1.82, 2.24) is 14.7 Å². The maximum Gasteiger partial charge on any atom is 0.359 e. The second kappa shape index (κ2) is 8.26. The summed E-state index contributed by atoms with van der Waals surface area (Å²) in [6.45, 7) is 1.05. The molecule has 0 spiro atoms. The number of carbonyl (C=O) groups excluding carboxylic acids is 2. The van der Waals surface area contributed by atoms with Crippen LogP contribution in [0, 0.1) is 0 Å². The number of hydrogen-bond acceptors (Lipinski definition) is 5. The van der Waals surface area contributed by atoms with Crippen molar-refractivity contribution in [3.05, 3.63) is 70.6 Å². The maximum atomic E-state index is 12.9. The highest BCUT2D eigenvalue weighted by molar-refractivity contribution is 6.02. The van der Waals surface area contributed by atoms with Gasteiger partial charge < -0.3 is 9.64 Å². The lowest BCUT2D eigenvalue weighted by atomic mass is 10.1. The van der Waals surface area contributed by atoms with E-state index in [9.17, 15) is 14.4 Å². The molecule has 0 radical (unpaired) electrons. The van der Waals surface area contributed by atoms with Crippen molar-refractivity contribution >= 4 is 22.6 Å². The number of carbonyl (C=O) groups is 2. The van der Waals surface area contributed by atoms with E-state index in [2.05, 4.69) is 5.10 Å². The van der Waals surface area contributed by atoms with E-state index in [1.54, 1.807) is 53.4 Å². The minimum absolute atomic E-state index is 0.00972. The molecule has 7 nitrogen and oxygen atoms in total. The third-order valence-corrected chi connectivity index (χ3v) is 5.03. The van der Waals surface area contributed by atoms with Gasteiger partial charge in [-0.1, -0.05) is 36.4 Å². The molecule has 1 aromatic heterocycles. The Morgan fingerprint density at radius 2 is 1.55 bits per heavy atom. The van der Waals surface area contributed by atoms with E-state index in [0.29, 0.717) is 29.5 Å². The van der Waals surface area contributed by atoms with Crippen molar-refractivity contribution in [2.24, 2.45) is 0 Å². The number of fused-ring (bicyclic) bond motifs is 1. The number of piperidine rings is 1. The van der Waals surface area contributed by atoms with Crippen LogP contribution in [-0.4, -0.2) is 46.3 Å². The quantitative estimate of drug-likeness (QED) is 0.639. The highest BCUT2D eigenvalue weighted by Gasteiger charge is 2.22. The lowest BCUT2D eigenvalue weighted by Gasteiger charge is -2.26. The maximum absolute atomic E-state index is 12.9. The summed E-state index contributed by atoms with van der Waals surface area (Å²) in [5.41, 5.74) is 0.227. The molecule has 7 heteroatoms. The molecule has 4 rings (SSSR count). The molecule has 0 atom stereocenters. The number of nitrogens with zero attached hydrogens (tertiary/aromatic N) is 3. The van der Waals surface area contributed by atoms with Crippen LogP contribution >= 0.6 is 0 Å². The molecule has 0 N–H and O–H groups in total. The topological polar surface area (TPSA) is 81.5 Å². The Hall–Kier alpha value is -3.48. The monoisotopic (exact) mass is 391 g/mol. The second-order valence-corrected chi connectivity index (χ2v) is 6.96. The summed E-state index contributed by atoms with van der Waals surface area (Å²) in [5, 5.41) is 5.03. The average Bonchev–Trinajstić information content (AvgIpc) is 2.79. The number of ether oxygens (including phenoxy) is 1. The van der Waals surface area contributed by atoms with Crippen molar-refractivity contribution in [1.29, 1.82) is 0 Å². The number of aromatic nitrogens is 2. The Bertz CT molecular complexity index is 1100. The third kappa shape index (κ3) is 3.89. The summed E-state index contributed by atoms with van der Waals surface area (Å²) >= 11 is 0. The number of rotatable bonds is 4. The number of para-hydroxylation sites is 1. The van der Waals surface area contributed by atoms with Gasteiger partial charge >= 0.3 is 5.97 Å². The molecule has 0 aliphatic carbocycles. The van der Waals surface area contributed by atoms with E-state index in [1.807, 2.05) is 6.07 Å². The minimum atomic E-state index is -0.726. The molecule has 0 bridgehead atoms. The van der Waals surface area contributed by atoms with Crippen LogP contribution in [0.4, 0.5) is 0 Å². The van der Waals surface area contributed by atoms with Crippen LogP contribution < -0.4 is 5.56 Å². The standard InChI is InChI=1S/C22H21N3O4/c26-19(24-13-7-2-8-14-24)15-29-22(28)20-17-11-5-6-12-18(17)21(27)25(23-20)16-9-3-1-4-10-16/h1,3-6,9-12H,2,7-8,13-15H2. The predicted octanol–water partition coefficient (Wildman–Crippen LogP) is 2.56. The molecule has 0 unspecified atom stereocenters. The van der Waals surface area contributed by atoms with Crippen molar-refractivity contribution in [2.45, 2.75) is 19.3 Å². The number of esters is 1. The molecule has 29 heavy (non-hydrogen) atoms. The van der Waals surface area contributed by atoms with Gasteiger partial charge in [0, 0.05) is 18.5 Å². The Morgan fingerprint density at radius 3 is 2.28 bits per heavy atom. The highest BCUT2D eigenvalue weighted by Crippen LogP contribution is 2.16. The summed E-state index contributed by atoms with van der Waals surface area (Å²) in [4.78, 5) is 39.7. The number of amides is 1. The lowest BCUT2D eigenvalue weighted by molar-refractivity contribution is -0.135. The van der Waals surface area contributed by atoms with Crippen LogP contribution in [0.2, 0.25) is 0 Å². The predicted molar refractivity (Wildman–Crippen MR) is 108 cm³/mol. The van der Waals surface area contributed by atoms with Gasteiger partial charge in [0.25, 0.3) is 11.5 Å². The van der Waals surface area contributed by atoms with Crippen LogP contribution in [0.1, 0.15) is 29.8 Å². The fourth-order valence-electron chi connectivity index (χ4n) is 3.51. The smallest absolute Gasteiger partial charge is 0.359 e. The van der Waals surface area contributed by atoms with Crippen molar-refractivity contribution in [3.63, 3.8) is 0 Å². The number of benzene rings is 2. The summed E-state index contributed by atoms with van der Waals surface area (Å²) < 4.78 is 6.46. The molecule has 0 saturated carbocycles. The van der Waals surface area contributed by atoms with Gasteiger partial charge in [0.15, 0.2) is 12.3 Å². The van der Waals surface area contributed by atoms with Crippen LogP contribution in [0.5, 0.6) is 0 Å². The van der Waals surface area contributed by atoms with Gasteiger partial charge in [-0.2, -0.15) is 9.78 Å². The first-order valence-electron chi connectivity index (χ1n) is 9.67. The van der Waals surface area contributed by atoms with Gasteiger partial charge in [0.2, 0.25) is 0 Å². The third-order valence-electron chi connectivity index (χ3n) is 5.03. The van der Waals surface area contributed by atoms with Gasteiger partial charge in [-0.25, -0.2) is 4.79 Å². The SMILES string of the molecule is O=C(OCC(=O)N1CCCCC1)c1nn(-c2ccccc2)c(=O)c2ccccc12. The Balaban J connectivity index is 1.65. The molecule has 148 valence electrons. The van der Waals surface area contributed by atoms with E-state index >= 15 is 0 Å². The van der Waals surface area contributed by atoms with Crippen LogP contribution in [0.25, 0.3) is 16.5 Å². The first kappa shape index (κ1) is 18.9. The van der Waals surface area contributed by atoms with Crippen LogP contribution in [-0.2, 0) is 9.53 Å². The van der Waals surface area contributed by atoms with Crippen molar-refractivity contribution in [2.75, 3.05) is 19.7 Å². The molecule has 1 fully saturated rings. The van der Waals surface area contributed by atoms with Crippen LogP contribution in [0.15, 0.2) is 59.4 Å². The minimum Gasteiger partial charge on any atom is -0.451 e. The molecule has 2 heterocycles. The van der Waals surface area contributed by atoms with Gasteiger partial charge in [-0.05, 0) is 37.5 Å². The Labute approximate surface area is 167 Å². The fraction of sp³-hybridized carbons (Fsp3) is 0.273. The first-order chi connectivity index (χ1) is 14.1. The molecule has 3 aromatic rings. The molecule has 1 amide bonds. The number of likely N-dealkylation sites (tertiary alicyclic amines) is 1. The number of hydrogen-bond donors (Lipinski definition) is 0. The van der Waals surface area contributed by atoms with E-state index in [0.717, 1.165) is 19.3 Å². The van der Waals surface area contributed by atoms with E-state index in [4.69, 9.17) is 4.74 Å². The van der Waals surface area contributed by atoms with E-state index in [-0.39, 0.29) is 23.8 Å². The molecular weight excluding hydrogens is 370 g/mol. The summed E-state index contributed by atoms with van der Waals surface area (Å²) in [5.74, 6) is -0.935. The van der Waals surface area contributed by atoms with E-state index in [1.165, 1.54) is 4.68 Å². The normalized spacial score (nSPS) is 14.0. The second-order valence-electron chi connectivity index (χ2n) is 6.96. The van der Waals surface area contributed by atoms with Crippen molar-refractivity contribution in [3.8, 4) is 5.69 Å². The zero-order valence-electron chi connectivity index (χ0n) is 15.9. The molecule has 1 aliphatic rings. The van der Waals surface area contributed by atoms with Gasteiger partial charge in [0.1, 0.15) is 0 Å². The Morgan fingerprint density at radius 1 is 0.897 bits per heavy atom. The highest BCUT2D eigenvalue weighted by atomic mass is 16.5. The molecular formula is C22H21N3O4. The Kier molecular flexibility index (Phi) is 5.37. The van der Waals surface area contributed by atoms with Crippen LogP contribution in [0.3, 0.4) is 0 Å². The summed E-state index contributed by atoms with van der Waals surface area (Å²) in [6, 6.07) is 15.6. The first-order valence-corrected chi connectivity index (χ1v) is 9.67.